The quantitative estimate of drug-likeness (QED) is 0.650. The average Bonchev–Trinajstić information content (AvgIpc) is 2.48. The van der Waals surface area contributed by atoms with E-state index in [9.17, 15) is 4.79 Å². The van der Waals surface area contributed by atoms with E-state index in [4.69, 9.17) is 0 Å². The summed E-state index contributed by atoms with van der Waals surface area (Å²) in [7, 11) is 0. The molecule has 0 aliphatic carbocycles. The van der Waals surface area contributed by atoms with Crippen LogP contribution in [0, 0.1) is 0 Å². The zero-order chi connectivity index (χ0) is 13.5. The van der Waals surface area contributed by atoms with Gasteiger partial charge in [-0.2, -0.15) is 0 Å². The number of carbonyl (C=O) groups excluding carboxylic acids is 1. The average molecular weight is 251 g/mol. The highest BCUT2D eigenvalue weighted by Crippen LogP contribution is 2.12. The smallest absolute Gasteiger partial charge is 0.187 e. The number of rotatable bonds is 5. The Morgan fingerprint density at radius 3 is 2.00 bits per heavy atom. The first-order valence-corrected chi connectivity index (χ1v) is 6.41. The second-order valence-corrected chi connectivity index (χ2v) is 4.18. The van der Waals surface area contributed by atoms with Gasteiger partial charge in [-0.3, -0.25) is 4.79 Å². The molecule has 2 nitrogen and oxygen atoms in total. The highest BCUT2D eigenvalue weighted by atomic mass is 16.1. The molecule has 0 saturated heterocycles. The highest BCUT2D eigenvalue weighted by molar-refractivity contribution is 6.08. The lowest BCUT2D eigenvalue weighted by Crippen LogP contribution is -2.12. The first kappa shape index (κ1) is 13.1. The van der Waals surface area contributed by atoms with Gasteiger partial charge in [0.15, 0.2) is 5.78 Å². The van der Waals surface area contributed by atoms with Crippen LogP contribution >= 0.6 is 0 Å². The van der Waals surface area contributed by atoms with Gasteiger partial charge < -0.3 is 5.32 Å². The number of hydrogen-bond acceptors (Lipinski definition) is 2. The Balaban J connectivity index is 2.29. The van der Waals surface area contributed by atoms with Crippen molar-refractivity contribution in [2.45, 2.75) is 6.92 Å². The Kier molecular flexibility index (Phi) is 4.51. The molecule has 19 heavy (non-hydrogen) atoms. The summed E-state index contributed by atoms with van der Waals surface area (Å²) in [5.41, 5.74) is 2.58. The molecule has 0 bridgehead atoms. The van der Waals surface area contributed by atoms with E-state index in [0.29, 0.717) is 5.56 Å². The van der Waals surface area contributed by atoms with Crippen molar-refractivity contribution in [3.05, 3.63) is 77.9 Å². The molecule has 2 aromatic carbocycles. The molecular formula is C17H17NO. The van der Waals surface area contributed by atoms with E-state index in [0.717, 1.165) is 17.8 Å². The first-order valence-electron chi connectivity index (χ1n) is 6.41. The molecule has 0 aliphatic heterocycles. The van der Waals surface area contributed by atoms with Crippen LogP contribution in [0.3, 0.4) is 0 Å². The third-order valence-electron chi connectivity index (χ3n) is 2.79. The van der Waals surface area contributed by atoms with Crippen LogP contribution in [-0.4, -0.2) is 12.3 Å². The lowest BCUT2D eigenvalue weighted by molar-refractivity contribution is 0.104. The molecule has 0 heterocycles. The molecule has 0 amide bonds. The fraction of sp³-hybridized carbons (Fsp3) is 0.118. The molecule has 0 spiro atoms. The normalized spacial score (nSPS) is 11.1. The summed E-state index contributed by atoms with van der Waals surface area (Å²) in [6.45, 7) is 2.80. The van der Waals surface area contributed by atoms with Crippen molar-refractivity contribution >= 4 is 11.5 Å². The van der Waals surface area contributed by atoms with Gasteiger partial charge >= 0.3 is 0 Å². The van der Waals surface area contributed by atoms with E-state index >= 15 is 0 Å². The Bertz CT molecular complexity index is 558. The number of hydrogen-bond donors (Lipinski definition) is 1. The van der Waals surface area contributed by atoms with Gasteiger partial charge in [-0.15, -0.1) is 0 Å². The summed E-state index contributed by atoms with van der Waals surface area (Å²) in [6.07, 6.45) is 1.66. The molecule has 2 aromatic rings. The summed E-state index contributed by atoms with van der Waals surface area (Å²) in [5, 5.41) is 3.24. The Labute approximate surface area is 113 Å². The van der Waals surface area contributed by atoms with E-state index in [-0.39, 0.29) is 5.78 Å². The minimum atomic E-state index is 0.0143. The summed E-state index contributed by atoms with van der Waals surface area (Å²) in [5.74, 6) is 0.0143. The lowest BCUT2D eigenvalue weighted by atomic mass is 10.1. The van der Waals surface area contributed by atoms with Crippen molar-refractivity contribution in [2.24, 2.45) is 0 Å². The number of nitrogens with one attached hydrogen (secondary N) is 1. The van der Waals surface area contributed by atoms with E-state index < -0.39 is 0 Å². The summed E-state index contributed by atoms with van der Waals surface area (Å²) >= 11 is 0. The van der Waals surface area contributed by atoms with Crippen LogP contribution in [0.25, 0.3) is 5.70 Å². The van der Waals surface area contributed by atoms with Crippen molar-refractivity contribution in [1.29, 1.82) is 0 Å². The number of benzene rings is 2. The Morgan fingerprint density at radius 2 is 1.47 bits per heavy atom. The molecule has 1 N–H and O–H groups in total. The van der Waals surface area contributed by atoms with Crippen molar-refractivity contribution < 1.29 is 4.79 Å². The molecule has 0 fully saturated rings. The molecule has 2 rings (SSSR count). The number of ketones is 1. The molecular weight excluding hydrogens is 234 g/mol. The molecule has 96 valence electrons. The molecule has 2 heteroatoms. The second-order valence-electron chi connectivity index (χ2n) is 4.18. The van der Waals surface area contributed by atoms with Crippen LogP contribution in [0.2, 0.25) is 0 Å². The van der Waals surface area contributed by atoms with Gasteiger partial charge in [-0.05, 0) is 12.5 Å². The summed E-state index contributed by atoms with van der Waals surface area (Å²) in [4.78, 5) is 12.2. The van der Waals surface area contributed by atoms with Gasteiger partial charge in [0, 0.05) is 23.9 Å². The van der Waals surface area contributed by atoms with Gasteiger partial charge in [-0.25, -0.2) is 0 Å². The van der Waals surface area contributed by atoms with E-state index in [1.807, 2.05) is 67.6 Å². The second kappa shape index (κ2) is 6.55. The Morgan fingerprint density at radius 1 is 0.947 bits per heavy atom. The molecule has 0 aliphatic rings. The van der Waals surface area contributed by atoms with Gasteiger partial charge in [0.2, 0.25) is 0 Å². The van der Waals surface area contributed by atoms with Crippen molar-refractivity contribution in [3.8, 4) is 0 Å². The lowest BCUT2D eigenvalue weighted by Gasteiger charge is -2.09. The van der Waals surface area contributed by atoms with Crippen molar-refractivity contribution in [3.63, 3.8) is 0 Å². The minimum absolute atomic E-state index is 0.0143. The largest absolute Gasteiger partial charge is 0.385 e. The fourth-order valence-corrected chi connectivity index (χ4v) is 1.86. The maximum absolute atomic E-state index is 12.2. The maximum Gasteiger partial charge on any atom is 0.187 e. The summed E-state index contributed by atoms with van der Waals surface area (Å²) < 4.78 is 0. The predicted molar refractivity (Wildman–Crippen MR) is 78.9 cm³/mol. The van der Waals surface area contributed by atoms with E-state index in [1.165, 1.54) is 0 Å². The van der Waals surface area contributed by atoms with Crippen LogP contribution in [0.4, 0.5) is 0 Å². The number of carbonyl (C=O) groups is 1. The van der Waals surface area contributed by atoms with E-state index in [1.54, 1.807) is 6.08 Å². The molecule has 0 radical (unpaired) electrons. The zero-order valence-electron chi connectivity index (χ0n) is 11.0. The topological polar surface area (TPSA) is 29.1 Å². The molecule has 0 aromatic heterocycles. The SMILES string of the molecule is CCNC(=CC(=O)c1ccccc1)c1ccccc1. The molecule has 0 saturated carbocycles. The zero-order valence-corrected chi connectivity index (χ0v) is 11.0. The predicted octanol–water partition coefficient (Wildman–Crippen LogP) is 3.52. The van der Waals surface area contributed by atoms with Gasteiger partial charge in [0.05, 0.1) is 0 Å². The molecule has 0 unspecified atom stereocenters. The fourth-order valence-electron chi connectivity index (χ4n) is 1.86. The van der Waals surface area contributed by atoms with Gasteiger partial charge in [0.25, 0.3) is 0 Å². The van der Waals surface area contributed by atoms with Crippen LogP contribution in [0.15, 0.2) is 66.7 Å². The van der Waals surface area contributed by atoms with Crippen LogP contribution < -0.4 is 5.32 Å². The third kappa shape index (κ3) is 3.55. The van der Waals surface area contributed by atoms with Crippen LogP contribution in [0.5, 0.6) is 0 Å². The van der Waals surface area contributed by atoms with Gasteiger partial charge in [0.1, 0.15) is 0 Å². The summed E-state index contributed by atoms with van der Waals surface area (Å²) in [6, 6.07) is 19.2. The maximum atomic E-state index is 12.2. The van der Waals surface area contributed by atoms with Crippen LogP contribution in [-0.2, 0) is 0 Å². The standard InChI is InChI=1S/C17H17NO/c1-2-18-16(14-9-5-3-6-10-14)13-17(19)15-11-7-4-8-12-15/h3-13,18H,2H2,1H3. The highest BCUT2D eigenvalue weighted by Gasteiger charge is 2.05. The first-order chi connectivity index (χ1) is 9.31. The monoisotopic (exact) mass is 251 g/mol. The van der Waals surface area contributed by atoms with E-state index in [2.05, 4.69) is 5.32 Å². The molecule has 0 atom stereocenters. The Hall–Kier alpha value is -2.35. The minimum Gasteiger partial charge on any atom is -0.385 e. The number of allylic oxidation sites excluding steroid dienone is 1. The van der Waals surface area contributed by atoms with Crippen LogP contribution in [0.1, 0.15) is 22.8 Å². The van der Waals surface area contributed by atoms with Gasteiger partial charge in [-0.1, -0.05) is 60.7 Å². The third-order valence-corrected chi connectivity index (χ3v) is 2.79. The van der Waals surface area contributed by atoms with Crippen molar-refractivity contribution in [2.75, 3.05) is 6.54 Å². The van der Waals surface area contributed by atoms with Crippen molar-refractivity contribution in [1.82, 2.24) is 5.32 Å².